The van der Waals surface area contributed by atoms with Crippen molar-refractivity contribution < 1.29 is 4.79 Å². The van der Waals surface area contributed by atoms with Crippen LogP contribution in [0.4, 0.5) is 5.69 Å². The number of hydrogen-bond donors (Lipinski definition) is 0. The Morgan fingerprint density at radius 2 is 1.83 bits per heavy atom. The molecule has 1 atom stereocenters. The lowest BCUT2D eigenvalue weighted by Crippen LogP contribution is -2.44. The minimum atomic E-state index is -0.107. The molecule has 1 aromatic carbocycles. The maximum atomic E-state index is 13.3. The molecule has 0 spiro atoms. The molecule has 0 aliphatic carbocycles. The zero-order chi connectivity index (χ0) is 17.1. The molecule has 0 radical (unpaired) electrons. The molecular weight excluding hydrogens is 336 g/mol. The van der Waals surface area contributed by atoms with Crippen molar-refractivity contribution in [3.8, 4) is 0 Å². The number of hydrogen-bond acceptors (Lipinski definition) is 3. The van der Waals surface area contributed by atoms with Crippen molar-refractivity contribution in [2.75, 3.05) is 24.5 Å². The van der Waals surface area contributed by atoms with Crippen LogP contribution >= 0.6 is 24.0 Å². The molecule has 1 aromatic rings. The van der Waals surface area contributed by atoms with Crippen LogP contribution < -0.4 is 4.90 Å². The van der Waals surface area contributed by atoms with Crippen molar-refractivity contribution in [3.05, 3.63) is 29.8 Å². The highest BCUT2D eigenvalue weighted by Crippen LogP contribution is 2.32. The zero-order valence-corrected chi connectivity index (χ0v) is 16.2. The van der Waals surface area contributed by atoms with E-state index in [0.29, 0.717) is 0 Å². The SMILES string of the molecule is CC(C)C(SC(=S)N1CCCC1)C(=O)N1CCCc2ccccc21. The Labute approximate surface area is 154 Å². The second kappa shape index (κ2) is 7.87. The van der Waals surface area contributed by atoms with Crippen LogP contribution in [0.25, 0.3) is 0 Å². The molecule has 0 N–H and O–H groups in total. The highest BCUT2D eigenvalue weighted by atomic mass is 32.2. The summed E-state index contributed by atoms with van der Waals surface area (Å²) in [4.78, 5) is 17.5. The number of carbonyl (C=O) groups is 1. The molecule has 3 nitrogen and oxygen atoms in total. The summed E-state index contributed by atoms with van der Waals surface area (Å²) in [6, 6.07) is 8.30. The van der Waals surface area contributed by atoms with E-state index in [9.17, 15) is 4.79 Å². The lowest BCUT2D eigenvalue weighted by molar-refractivity contribution is -0.118. The van der Waals surface area contributed by atoms with Crippen LogP contribution in [0.1, 0.15) is 38.7 Å². The van der Waals surface area contributed by atoms with Gasteiger partial charge in [0.15, 0.2) is 0 Å². The average Bonchev–Trinajstić information content (AvgIpc) is 3.13. The number of rotatable bonds is 3. The molecule has 1 fully saturated rings. The smallest absolute Gasteiger partial charge is 0.240 e. The van der Waals surface area contributed by atoms with Crippen molar-refractivity contribution in [1.82, 2.24) is 4.90 Å². The van der Waals surface area contributed by atoms with Crippen molar-refractivity contribution in [2.45, 2.75) is 44.8 Å². The predicted octanol–water partition coefficient (Wildman–Crippen LogP) is 4.10. The van der Waals surface area contributed by atoms with E-state index >= 15 is 0 Å². The van der Waals surface area contributed by atoms with Gasteiger partial charge in [0.2, 0.25) is 5.91 Å². The number of nitrogens with zero attached hydrogens (tertiary/aromatic N) is 2. The Balaban J connectivity index is 1.76. The molecule has 130 valence electrons. The number of aryl methyl sites for hydroxylation is 1. The number of benzene rings is 1. The van der Waals surface area contributed by atoms with Crippen LogP contribution in [0.15, 0.2) is 24.3 Å². The van der Waals surface area contributed by atoms with E-state index in [1.807, 2.05) is 11.0 Å². The van der Waals surface area contributed by atoms with E-state index in [4.69, 9.17) is 12.2 Å². The lowest BCUT2D eigenvalue weighted by Gasteiger charge is -2.34. The topological polar surface area (TPSA) is 23.6 Å². The molecule has 0 bridgehead atoms. The third-order valence-electron chi connectivity index (χ3n) is 4.82. The van der Waals surface area contributed by atoms with Crippen LogP contribution in [-0.4, -0.2) is 40.0 Å². The van der Waals surface area contributed by atoms with Gasteiger partial charge in [0.05, 0.1) is 5.25 Å². The Hall–Kier alpha value is -1.07. The Morgan fingerprint density at radius 3 is 2.54 bits per heavy atom. The van der Waals surface area contributed by atoms with Gasteiger partial charge in [0, 0.05) is 25.3 Å². The van der Waals surface area contributed by atoms with Crippen LogP contribution in [0.5, 0.6) is 0 Å². The van der Waals surface area contributed by atoms with E-state index in [1.54, 1.807) is 11.8 Å². The summed E-state index contributed by atoms with van der Waals surface area (Å²) in [7, 11) is 0. The predicted molar refractivity (Wildman–Crippen MR) is 107 cm³/mol. The van der Waals surface area contributed by atoms with Crippen LogP contribution in [0, 0.1) is 5.92 Å². The largest absolute Gasteiger partial charge is 0.358 e. The fourth-order valence-electron chi connectivity index (χ4n) is 3.47. The van der Waals surface area contributed by atoms with E-state index in [1.165, 1.54) is 18.4 Å². The zero-order valence-electron chi connectivity index (χ0n) is 14.5. The number of para-hydroxylation sites is 1. The van der Waals surface area contributed by atoms with Gasteiger partial charge in [0.25, 0.3) is 0 Å². The Morgan fingerprint density at radius 1 is 1.12 bits per heavy atom. The fraction of sp³-hybridized carbons (Fsp3) is 0.579. The number of anilines is 1. The molecule has 2 heterocycles. The summed E-state index contributed by atoms with van der Waals surface area (Å²) < 4.78 is 0.893. The number of thiocarbonyl (C=S) groups is 1. The van der Waals surface area contributed by atoms with Gasteiger partial charge >= 0.3 is 0 Å². The lowest BCUT2D eigenvalue weighted by atomic mass is 10.0. The van der Waals surface area contributed by atoms with Crippen LogP contribution in [0.2, 0.25) is 0 Å². The summed E-state index contributed by atoms with van der Waals surface area (Å²) in [6.07, 6.45) is 4.52. The second-order valence-corrected chi connectivity index (χ2v) is 8.74. The van der Waals surface area contributed by atoms with Gasteiger partial charge in [-0.15, -0.1) is 0 Å². The van der Waals surface area contributed by atoms with E-state index in [0.717, 1.165) is 42.5 Å². The average molecular weight is 363 g/mol. The van der Waals surface area contributed by atoms with Crippen molar-refractivity contribution >= 4 is 39.9 Å². The highest BCUT2D eigenvalue weighted by Gasteiger charge is 2.33. The number of fused-ring (bicyclic) bond motifs is 1. The second-order valence-electron chi connectivity index (χ2n) is 6.96. The van der Waals surface area contributed by atoms with Gasteiger partial charge in [-0.2, -0.15) is 0 Å². The minimum Gasteiger partial charge on any atom is -0.358 e. The first-order chi connectivity index (χ1) is 11.6. The number of likely N-dealkylation sites (tertiary alicyclic amines) is 1. The molecule has 0 aromatic heterocycles. The van der Waals surface area contributed by atoms with E-state index in [2.05, 4.69) is 36.9 Å². The van der Waals surface area contributed by atoms with Crippen LogP contribution in [-0.2, 0) is 11.2 Å². The molecule has 5 heteroatoms. The molecule has 1 unspecified atom stereocenters. The maximum Gasteiger partial charge on any atom is 0.240 e. The van der Waals surface area contributed by atoms with E-state index < -0.39 is 0 Å². The first kappa shape index (κ1) is 17.7. The van der Waals surface area contributed by atoms with Crippen LogP contribution in [0.3, 0.4) is 0 Å². The molecule has 3 rings (SSSR count). The van der Waals surface area contributed by atoms with Crippen molar-refractivity contribution in [2.24, 2.45) is 5.92 Å². The molecule has 2 aliphatic heterocycles. The van der Waals surface area contributed by atoms with Crippen molar-refractivity contribution in [1.29, 1.82) is 0 Å². The molecule has 1 amide bonds. The third-order valence-corrected chi connectivity index (χ3v) is 6.82. The van der Waals surface area contributed by atoms with Gasteiger partial charge in [-0.05, 0) is 43.2 Å². The monoisotopic (exact) mass is 362 g/mol. The normalized spacial score (nSPS) is 18.6. The molecule has 1 saturated heterocycles. The van der Waals surface area contributed by atoms with E-state index in [-0.39, 0.29) is 17.1 Å². The summed E-state index contributed by atoms with van der Waals surface area (Å²) in [5.74, 6) is 0.473. The standard InChI is InChI=1S/C19H26N2OS2/c1-14(2)17(24-19(23)20-11-5-6-12-20)18(22)21-13-7-9-15-8-3-4-10-16(15)21/h3-4,8,10,14,17H,5-7,9,11-13H2,1-2H3. The third kappa shape index (κ3) is 3.77. The quantitative estimate of drug-likeness (QED) is 0.755. The summed E-state index contributed by atoms with van der Waals surface area (Å²) >= 11 is 7.22. The van der Waals surface area contributed by atoms with Gasteiger partial charge in [-0.25, -0.2) is 0 Å². The first-order valence-electron chi connectivity index (χ1n) is 8.93. The summed E-state index contributed by atoms with van der Waals surface area (Å²) in [5.41, 5.74) is 2.37. The fourth-order valence-corrected chi connectivity index (χ4v) is 5.01. The molecular formula is C19H26N2OS2. The number of carbonyl (C=O) groups excluding carboxylic acids is 1. The number of thioether (sulfide) groups is 1. The molecule has 0 saturated carbocycles. The van der Waals surface area contributed by atoms with Crippen molar-refractivity contribution in [3.63, 3.8) is 0 Å². The van der Waals surface area contributed by atoms with Gasteiger partial charge in [-0.1, -0.05) is 56.0 Å². The van der Waals surface area contributed by atoms with Gasteiger partial charge in [0.1, 0.15) is 4.32 Å². The Bertz CT molecular complexity index is 611. The molecule has 2 aliphatic rings. The summed E-state index contributed by atoms with van der Waals surface area (Å²) in [6.45, 7) is 7.14. The Kier molecular flexibility index (Phi) is 5.82. The molecule has 24 heavy (non-hydrogen) atoms. The highest BCUT2D eigenvalue weighted by molar-refractivity contribution is 8.23. The minimum absolute atomic E-state index is 0.107. The first-order valence-corrected chi connectivity index (χ1v) is 10.2. The maximum absolute atomic E-state index is 13.3. The van der Waals surface area contributed by atoms with Gasteiger partial charge in [-0.3, -0.25) is 4.79 Å². The van der Waals surface area contributed by atoms with Gasteiger partial charge < -0.3 is 9.80 Å². The summed E-state index contributed by atoms with van der Waals surface area (Å²) in [5, 5.41) is -0.107. The number of amides is 1.